The minimum atomic E-state index is -0.272. The van der Waals surface area contributed by atoms with Gasteiger partial charge in [-0.2, -0.15) is 0 Å². The van der Waals surface area contributed by atoms with E-state index in [1.165, 1.54) is 0 Å². The molecule has 0 heterocycles. The molecule has 2 nitrogen and oxygen atoms in total. The number of rotatable bonds is 5. The van der Waals surface area contributed by atoms with Crippen molar-refractivity contribution >= 4 is 63.7 Å². The molecule has 0 radical (unpaired) electrons. The number of ether oxygens (including phenoxy) is 1. The summed E-state index contributed by atoms with van der Waals surface area (Å²) in [5.74, 6) is 0.986. The van der Waals surface area contributed by atoms with Crippen LogP contribution in [0, 0.1) is 0 Å². The van der Waals surface area contributed by atoms with Crippen LogP contribution in [-0.4, -0.2) is 11.7 Å². The van der Waals surface area contributed by atoms with Gasteiger partial charge in [0.1, 0.15) is 18.1 Å². The first-order valence-corrected chi connectivity index (χ1v) is 10.8. The third-order valence-electron chi connectivity index (χ3n) is 4.02. The van der Waals surface area contributed by atoms with Crippen LogP contribution < -0.4 is 4.74 Å². The fourth-order valence-electron chi connectivity index (χ4n) is 2.38. The summed E-state index contributed by atoms with van der Waals surface area (Å²) in [6, 6.07) is 8.03. The second-order valence-electron chi connectivity index (χ2n) is 6.06. The third kappa shape index (κ3) is 4.71. The zero-order chi connectivity index (χ0) is 18.8. The Morgan fingerprint density at radius 3 is 1.80 bits per heavy atom. The first-order chi connectivity index (χ1) is 11.7. The number of phenolic OH excluding ortho intramolecular Hbond substituents is 1. The van der Waals surface area contributed by atoms with Gasteiger partial charge in [-0.05, 0) is 106 Å². The van der Waals surface area contributed by atoms with Crippen molar-refractivity contribution < 1.29 is 9.84 Å². The van der Waals surface area contributed by atoms with Crippen LogP contribution in [0.1, 0.15) is 31.9 Å². The molecule has 0 aromatic heterocycles. The molecule has 6 heteroatoms. The van der Waals surface area contributed by atoms with E-state index in [2.05, 4.69) is 89.7 Å². The molecule has 0 aliphatic rings. The fourth-order valence-corrected chi connectivity index (χ4v) is 4.98. The maximum atomic E-state index is 9.96. The van der Waals surface area contributed by atoms with Crippen molar-refractivity contribution in [1.82, 2.24) is 0 Å². The largest absolute Gasteiger partial charge is 0.506 e. The van der Waals surface area contributed by atoms with Gasteiger partial charge in [0.2, 0.25) is 0 Å². The Morgan fingerprint density at radius 2 is 1.36 bits per heavy atom. The summed E-state index contributed by atoms with van der Waals surface area (Å²) in [4.78, 5) is 0. The van der Waals surface area contributed by atoms with E-state index in [9.17, 15) is 5.11 Å². The highest BCUT2D eigenvalue weighted by Gasteiger charge is 2.27. The van der Waals surface area contributed by atoms with Crippen LogP contribution in [0.2, 0.25) is 0 Å². The van der Waals surface area contributed by atoms with Crippen LogP contribution in [0.25, 0.3) is 0 Å². The molecule has 2 aromatic carbocycles. The van der Waals surface area contributed by atoms with E-state index in [1.807, 2.05) is 31.2 Å². The molecular weight excluding hydrogens is 580 g/mol. The second kappa shape index (κ2) is 8.59. The van der Waals surface area contributed by atoms with E-state index in [-0.39, 0.29) is 11.2 Å². The van der Waals surface area contributed by atoms with Crippen LogP contribution >= 0.6 is 63.7 Å². The zero-order valence-electron chi connectivity index (χ0n) is 14.0. The van der Waals surface area contributed by atoms with Crippen LogP contribution in [0.5, 0.6) is 11.5 Å². The summed E-state index contributed by atoms with van der Waals surface area (Å²) in [5.41, 5.74) is 1.92. The molecule has 0 aliphatic carbocycles. The van der Waals surface area contributed by atoms with Crippen molar-refractivity contribution in [2.75, 3.05) is 6.61 Å². The Balaban J connectivity index is 2.46. The minimum absolute atomic E-state index is 0.203. The Bertz CT molecular complexity index is 767. The van der Waals surface area contributed by atoms with Crippen molar-refractivity contribution in [3.63, 3.8) is 0 Å². The van der Waals surface area contributed by atoms with E-state index in [0.717, 1.165) is 25.8 Å². The molecule has 25 heavy (non-hydrogen) atoms. The molecule has 0 amide bonds. The van der Waals surface area contributed by atoms with Gasteiger partial charge in [-0.3, -0.25) is 0 Å². The van der Waals surface area contributed by atoms with Crippen molar-refractivity contribution in [1.29, 1.82) is 0 Å². The summed E-state index contributed by atoms with van der Waals surface area (Å²) >= 11 is 14.1. The SMILES string of the molecule is CC=CCOc1c(Br)cc(C(C)(C)c2cc(Br)c(O)c(Br)c2)cc1Br. The Morgan fingerprint density at radius 1 is 0.920 bits per heavy atom. The normalized spacial score (nSPS) is 12.0. The lowest BCUT2D eigenvalue weighted by molar-refractivity contribution is 0.358. The minimum Gasteiger partial charge on any atom is -0.506 e. The fraction of sp³-hybridized carbons (Fsp3) is 0.263. The van der Waals surface area contributed by atoms with Gasteiger partial charge in [-0.15, -0.1) is 0 Å². The number of allylic oxidation sites excluding steroid dienone is 1. The molecule has 0 atom stereocenters. The lowest BCUT2D eigenvalue weighted by Gasteiger charge is -2.28. The molecule has 134 valence electrons. The molecular formula is C19H18Br4O2. The molecule has 0 spiro atoms. The van der Waals surface area contributed by atoms with Crippen molar-refractivity contribution in [3.8, 4) is 11.5 Å². The maximum absolute atomic E-state index is 9.96. The predicted octanol–water partition coefficient (Wildman–Crippen LogP) is 7.72. The van der Waals surface area contributed by atoms with Crippen molar-refractivity contribution in [2.45, 2.75) is 26.2 Å². The van der Waals surface area contributed by atoms with E-state index in [4.69, 9.17) is 4.74 Å². The highest BCUT2D eigenvalue weighted by atomic mass is 79.9. The number of phenols is 1. The second-order valence-corrected chi connectivity index (χ2v) is 9.48. The van der Waals surface area contributed by atoms with Crippen LogP contribution in [-0.2, 0) is 5.41 Å². The van der Waals surface area contributed by atoms with Crippen LogP contribution in [0.15, 0.2) is 54.3 Å². The molecule has 0 aliphatic heterocycles. The average molecular weight is 598 g/mol. The van der Waals surface area contributed by atoms with E-state index < -0.39 is 0 Å². The first kappa shape index (κ1) is 21.0. The topological polar surface area (TPSA) is 29.5 Å². The zero-order valence-corrected chi connectivity index (χ0v) is 20.4. The van der Waals surface area contributed by atoms with Gasteiger partial charge in [0.25, 0.3) is 0 Å². The molecule has 0 saturated carbocycles. The lowest BCUT2D eigenvalue weighted by Crippen LogP contribution is -2.19. The standard InChI is InChI=1S/C19H18Br4O2/c1-4-5-6-25-18-15(22)9-12(10-16(18)23)19(2,3)11-7-13(20)17(24)14(21)8-11/h4-5,7-10,24H,6H2,1-3H3. The van der Waals surface area contributed by atoms with Gasteiger partial charge in [-0.1, -0.05) is 26.0 Å². The van der Waals surface area contributed by atoms with Crippen molar-refractivity contribution in [2.24, 2.45) is 0 Å². The summed E-state index contributed by atoms with van der Waals surface area (Å²) in [6.45, 7) is 6.78. The summed E-state index contributed by atoms with van der Waals surface area (Å²) in [7, 11) is 0. The van der Waals surface area contributed by atoms with Gasteiger partial charge in [-0.25, -0.2) is 0 Å². The Labute approximate surface area is 182 Å². The number of benzene rings is 2. The van der Waals surface area contributed by atoms with Gasteiger partial charge in [0, 0.05) is 5.41 Å². The summed E-state index contributed by atoms with van der Waals surface area (Å²) < 4.78 is 8.92. The highest BCUT2D eigenvalue weighted by Crippen LogP contribution is 2.43. The van der Waals surface area contributed by atoms with Gasteiger partial charge in [0.15, 0.2) is 0 Å². The molecule has 0 unspecified atom stereocenters. The van der Waals surface area contributed by atoms with E-state index in [1.54, 1.807) is 0 Å². The van der Waals surface area contributed by atoms with E-state index >= 15 is 0 Å². The average Bonchev–Trinajstić information content (AvgIpc) is 2.54. The first-order valence-electron chi connectivity index (χ1n) is 7.60. The highest BCUT2D eigenvalue weighted by molar-refractivity contribution is 9.11. The lowest BCUT2D eigenvalue weighted by atomic mass is 9.78. The summed E-state index contributed by atoms with van der Waals surface area (Å²) in [5, 5.41) is 9.96. The Kier molecular flexibility index (Phi) is 7.22. The summed E-state index contributed by atoms with van der Waals surface area (Å²) in [6.07, 6.45) is 3.92. The van der Waals surface area contributed by atoms with Crippen molar-refractivity contribution in [3.05, 3.63) is 65.4 Å². The van der Waals surface area contributed by atoms with Gasteiger partial charge in [0.05, 0.1) is 17.9 Å². The smallest absolute Gasteiger partial charge is 0.148 e. The van der Waals surface area contributed by atoms with Crippen LogP contribution in [0.3, 0.4) is 0 Å². The number of hydrogen-bond acceptors (Lipinski definition) is 2. The number of halogens is 4. The monoisotopic (exact) mass is 594 g/mol. The van der Waals surface area contributed by atoms with E-state index in [0.29, 0.717) is 15.6 Å². The van der Waals surface area contributed by atoms with Gasteiger partial charge >= 0.3 is 0 Å². The molecule has 1 N–H and O–H groups in total. The molecule has 0 bridgehead atoms. The maximum Gasteiger partial charge on any atom is 0.148 e. The molecule has 2 rings (SSSR count). The molecule has 0 saturated heterocycles. The quantitative estimate of drug-likeness (QED) is 0.358. The number of hydrogen-bond donors (Lipinski definition) is 1. The third-order valence-corrected chi connectivity index (χ3v) is 6.41. The Hall–Kier alpha value is -0.300. The van der Waals surface area contributed by atoms with Gasteiger partial charge < -0.3 is 9.84 Å². The molecule has 2 aromatic rings. The van der Waals surface area contributed by atoms with Crippen LogP contribution in [0.4, 0.5) is 0 Å². The number of aromatic hydroxyl groups is 1. The predicted molar refractivity (Wildman–Crippen MR) is 118 cm³/mol. The molecule has 0 fully saturated rings.